The number of carbonyl (C=O) groups excluding carboxylic acids is 1. The Labute approximate surface area is 48.2 Å². The van der Waals surface area contributed by atoms with Gasteiger partial charge in [0.1, 0.15) is 0 Å². The van der Waals surface area contributed by atoms with Gasteiger partial charge < -0.3 is 16.8 Å². The maximum absolute atomic E-state index is 10.0. The summed E-state index contributed by atoms with van der Waals surface area (Å²) in [6.07, 6.45) is 0. The zero-order valence-electron chi connectivity index (χ0n) is 4.85. The third kappa shape index (κ3) is 3.42. The molecule has 0 aliphatic rings. The Morgan fingerprint density at radius 1 is 1.88 bits per heavy atom. The quantitative estimate of drug-likeness (QED) is 0.433. The highest BCUT2D eigenvalue weighted by molar-refractivity contribution is 5.71. The Morgan fingerprint density at radius 2 is 2.38 bits per heavy atom. The number of hydrogen-bond donors (Lipinski definition) is 3. The molecule has 0 fully saturated rings. The fourth-order valence-electron chi connectivity index (χ4n) is 0.302. The van der Waals surface area contributed by atoms with Crippen LogP contribution in [0.2, 0.25) is 0 Å². The average molecular weight is 117 g/mol. The van der Waals surface area contributed by atoms with Gasteiger partial charge in [-0.15, -0.1) is 0 Å². The maximum Gasteiger partial charge on any atom is 0.312 e. The summed E-state index contributed by atoms with van der Waals surface area (Å²) in [4.78, 5) is 10.0. The lowest BCUT2D eigenvalue weighted by Crippen LogP contribution is -2.40. The van der Waals surface area contributed by atoms with E-state index in [4.69, 9.17) is 11.5 Å². The van der Waals surface area contributed by atoms with Gasteiger partial charge in [-0.3, -0.25) is 0 Å². The Bertz CT molecular complexity index is 83.4. The van der Waals surface area contributed by atoms with Crippen molar-refractivity contribution in [2.75, 3.05) is 6.54 Å². The molecular weight excluding hydrogens is 106 g/mol. The highest BCUT2D eigenvalue weighted by Gasteiger charge is 1.97. The summed E-state index contributed by atoms with van der Waals surface area (Å²) in [5.41, 5.74) is 9.91. The lowest BCUT2D eigenvalue weighted by atomic mass is 10.3. The number of hydrogen-bond acceptors (Lipinski definition) is 2. The number of nitrogens with one attached hydrogen (secondary N) is 1. The molecule has 0 aliphatic carbocycles. The summed E-state index contributed by atoms with van der Waals surface area (Å²) in [7, 11) is 0. The molecule has 0 heterocycles. The zero-order valence-corrected chi connectivity index (χ0v) is 4.85. The van der Waals surface area contributed by atoms with Crippen LogP contribution in [0, 0.1) is 0 Å². The Balaban J connectivity index is 3.24. The van der Waals surface area contributed by atoms with Crippen LogP contribution in [0.15, 0.2) is 0 Å². The van der Waals surface area contributed by atoms with Gasteiger partial charge in [-0.2, -0.15) is 0 Å². The van der Waals surface area contributed by atoms with Gasteiger partial charge in [0.2, 0.25) is 0 Å². The lowest BCUT2D eigenvalue weighted by Gasteiger charge is -2.06. The summed E-state index contributed by atoms with van der Waals surface area (Å²) in [6, 6.07) is -0.546. The molecule has 1 atom stereocenters. The van der Waals surface area contributed by atoms with E-state index in [-0.39, 0.29) is 6.04 Å². The van der Waals surface area contributed by atoms with Crippen molar-refractivity contribution in [3.05, 3.63) is 0 Å². The molecule has 0 aromatic heterocycles. The van der Waals surface area contributed by atoms with E-state index in [1.807, 2.05) is 0 Å². The van der Waals surface area contributed by atoms with Gasteiger partial charge in [0, 0.05) is 12.6 Å². The standard InChI is InChI=1S/C4H11N3O/c1-3(2-5)7-4(6)8/h3H,2,5H2,1H3,(H3,6,7,8)/t3-/m1/s1. The highest BCUT2D eigenvalue weighted by atomic mass is 16.2. The molecule has 0 bridgehead atoms. The molecule has 5 N–H and O–H groups in total. The molecule has 2 amide bonds. The molecule has 0 aromatic carbocycles. The van der Waals surface area contributed by atoms with Crippen LogP contribution in [0.3, 0.4) is 0 Å². The summed E-state index contributed by atoms with van der Waals surface area (Å²) in [5, 5.41) is 2.41. The van der Waals surface area contributed by atoms with Gasteiger partial charge in [0.15, 0.2) is 0 Å². The minimum Gasteiger partial charge on any atom is -0.352 e. The van der Waals surface area contributed by atoms with Crippen molar-refractivity contribution in [1.82, 2.24) is 5.32 Å². The van der Waals surface area contributed by atoms with Crippen LogP contribution >= 0.6 is 0 Å². The van der Waals surface area contributed by atoms with E-state index in [1.165, 1.54) is 0 Å². The van der Waals surface area contributed by atoms with Gasteiger partial charge in [0.25, 0.3) is 0 Å². The van der Waals surface area contributed by atoms with Crippen molar-refractivity contribution in [2.24, 2.45) is 11.5 Å². The van der Waals surface area contributed by atoms with Gasteiger partial charge in [-0.1, -0.05) is 0 Å². The van der Waals surface area contributed by atoms with Crippen molar-refractivity contribution in [3.8, 4) is 0 Å². The fourth-order valence-corrected chi connectivity index (χ4v) is 0.302. The predicted molar refractivity (Wildman–Crippen MR) is 31.2 cm³/mol. The number of primary amides is 1. The number of amides is 2. The first kappa shape index (κ1) is 7.23. The highest BCUT2D eigenvalue weighted by Crippen LogP contribution is 1.71. The molecule has 8 heavy (non-hydrogen) atoms. The smallest absolute Gasteiger partial charge is 0.312 e. The van der Waals surface area contributed by atoms with Crippen LogP contribution in [0.25, 0.3) is 0 Å². The third-order valence-corrected chi connectivity index (χ3v) is 0.742. The Hall–Kier alpha value is -0.770. The molecule has 48 valence electrons. The molecule has 4 nitrogen and oxygen atoms in total. The van der Waals surface area contributed by atoms with Crippen LogP contribution in [-0.2, 0) is 0 Å². The number of carbonyl (C=O) groups is 1. The maximum atomic E-state index is 10.0. The first-order valence-electron chi connectivity index (χ1n) is 2.43. The van der Waals surface area contributed by atoms with Crippen LogP contribution < -0.4 is 16.8 Å². The number of nitrogens with two attached hydrogens (primary N) is 2. The van der Waals surface area contributed by atoms with Crippen molar-refractivity contribution >= 4 is 6.03 Å². The molecule has 0 radical (unpaired) electrons. The van der Waals surface area contributed by atoms with Gasteiger partial charge >= 0.3 is 6.03 Å². The van der Waals surface area contributed by atoms with E-state index in [9.17, 15) is 4.79 Å². The molecule has 0 spiro atoms. The van der Waals surface area contributed by atoms with Gasteiger partial charge in [-0.25, -0.2) is 4.79 Å². The average Bonchev–Trinajstić information content (AvgIpc) is 1.65. The van der Waals surface area contributed by atoms with Gasteiger partial charge in [0.05, 0.1) is 0 Å². The first-order chi connectivity index (χ1) is 3.66. The fraction of sp³-hybridized carbons (Fsp3) is 0.750. The van der Waals surface area contributed by atoms with Crippen LogP contribution in [0.5, 0.6) is 0 Å². The van der Waals surface area contributed by atoms with Gasteiger partial charge in [-0.05, 0) is 6.92 Å². The largest absolute Gasteiger partial charge is 0.352 e. The van der Waals surface area contributed by atoms with E-state index < -0.39 is 6.03 Å². The summed E-state index contributed by atoms with van der Waals surface area (Å²) in [5.74, 6) is 0. The van der Waals surface area contributed by atoms with Crippen molar-refractivity contribution in [2.45, 2.75) is 13.0 Å². The normalized spacial score (nSPS) is 12.8. The topological polar surface area (TPSA) is 81.1 Å². The van der Waals surface area contributed by atoms with E-state index in [0.717, 1.165) is 0 Å². The van der Waals surface area contributed by atoms with Crippen molar-refractivity contribution in [3.63, 3.8) is 0 Å². The van der Waals surface area contributed by atoms with Crippen molar-refractivity contribution < 1.29 is 4.79 Å². The minimum atomic E-state index is -0.525. The van der Waals surface area contributed by atoms with E-state index in [0.29, 0.717) is 6.54 Å². The summed E-state index contributed by atoms with van der Waals surface area (Å²) >= 11 is 0. The van der Waals surface area contributed by atoms with E-state index in [1.54, 1.807) is 6.92 Å². The monoisotopic (exact) mass is 117 g/mol. The van der Waals surface area contributed by atoms with E-state index in [2.05, 4.69) is 5.32 Å². The molecular formula is C4H11N3O. The summed E-state index contributed by atoms with van der Waals surface area (Å²) in [6.45, 7) is 2.20. The molecule has 4 heteroatoms. The van der Waals surface area contributed by atoms with Crippen molar-refractivity contribution in [1.29, 1.82) is 0 Å². The molecule has 0 saturated carbocycles. The molecule has 0 aromatic rings. The number of rotatable bonds is 2. The SMILES string of the molecule is C[C@H](CN)NC(N)=O. The van der Waals surface area contributed by atoms with Crippen LogP contribution in [0.4, 0.5) is 4.79 Å². The lowest BCUT2D eigenvalue weighted by molar-refractivity contribution is 0.246. The second-order valence-corrected chi connectivity index (χ2v) is 1.65. The molecule has 0 saturated heterocycles. The Kier molecular flexibility index (Phi) is 2.95. The molecule has 0 aliphatic heterocycles. The van der Waals surface area contributed by atoms with Crippen LogP contribution in [0.1, 0.15) is 6.92 Å². The predicted octanol–water partition coefficient (Wildman–Crippen LogP) is -0.998. The first-order valence-corrected chi connectivity index (χ1v) is 2.43. The second-order valence-electron chi connectivity index (χ2n) is 1.65. The number of urea groups is 1. The molecule has 0 rings (SSSR count). The molecule has 0 unspecified atom stereocenters. The third-order valence-electron chi connectivity index (χ3n) is 0.742. The minimum absolute atomic E-state index is 0.0208. The van der Waals surface area contributed by atoms with Crippen LogP contribution in [-0.4, -0.2) is 18.6 Å². The Morgan fingerprint density at radius 3 is 2.50 bits per heavy atom. The zero-order chi connectivity index (χ0) is 6.57. The second kappa shape index (κ2) is 3.26. The summed E-state index contributed by atoms with van der Waals surface area (Å²) < 4.78 is 0. The van der Waals surface area contributed by atoms with E-state index >= 15 is 0 Å².